The Kier molecular flexibility index (Phi) is 6.27. The molecule has 0 bridgehead atoms. The van der Waals surface area contributed by atoms with Crippen LogP contribution in [0.1, 0.15) is 30.3 Å². The Hall–Kier alpha value is -4.07. The number of aromatic nitrogens is 3. The van der Waals surface area contributed by atoms with Crippen LogP contribution >= 0.6 is 0 Å². The van der Waals surface area contributed by atoms with Crippen LogP contribution in [0.15, 0.2) is 66.7 Å². The van der Waals surface area contributed by atoms with Gasteiger partial charge in [-0.2, -0.15) is 5.10 Å². The molecule has 7 nitrogen and oxygen atoms in total. The fourth-order valence-corrected chi connectivity index (χ4v) is 4.44. The molecular weight excluding hydrogens is 447 g/mol. The zero-order valence-corrected chi connectivity index (χ0v) is 19.4. The Morgan fingerprint density at radius 1 is 1.06 bits per heavy atom. The second-order valence-electron chi connectivity index (χ2n) is 8.54. The Morgan fingerprint density at radius 3 is 2.57 bits per heavy atom. The highest BCUT2D eigenvalue weighted by Crippen LogP contribution is 2.27. The highest BCUT2D eigenvalue weighted by atomic mass is 19.1. The molecule has 1 atom stereocenters. The summed E-state index contributed by atoms with van der Waals surface area (Å²) in [6.07, 6.45) is 1.41. The van der Waals surface area contributed by atoms with Crippen molar-refractivity contribution < 1.29 is 18.7 Å². The summed E-state index contributed by atoms with van der Waals surface area (Å²) < 4.78 is 20.5. The van der Waals surface area contributed by atoms with Gasteiger partial charge < -0.3 is 9.64 Å². The molecule has 8 heteroatoms. The molecule has 1 fully saturated rings. The number of nitrogens with zero attached hydrogens (tertiary/aromatic N) is 4. The fourth-order valence-electron chi connectivity index (χ4n) is 4.44. The van der Waals surface area contributed by atoms with Gasteiger partial charge in [-0.3, -0.25) is 9.59 Å². The quantitative estimate of drug-likeness (QED) is 0.396. The van der Waals surface area contributed by atoms with Crippen molar-refractivity contribution >= 4 is 17.5 Å². The molecule has 0 saturated carbocycles. The maximum Gasteiger partial charge on any atom is 0.310 e. The standard InChI is InChI=1S/C27H25FN4O3/c1-2-35-27(34)20-9-6-14-31(17-20)26(33)23-15-24(19-10-12-21(28)13-11-19)32-25(29-23)16-22(30-32)18-7-4-3-5-8-18/h3-5,7-8,10-13,15-16,20H,2,6,9,14,17H2,1H3. The lowest BCUT2D eigenvalue weighted by atomic mass is 9.98. The monoisotopic (exact) mass is 472 g/mol. The number of ether oxygens (including phenoxy) is 1. The fraction of sp³-hybridized carbons (Fsp3) is 0.259. The maximum atomic E-state index is 13.6. The van der Waals surface area contributed by atoms with Crippen LogP contribution in [0.5, 0.6) is 0 Å². The van der Waals surface area contributed by atoms with Gasteiger partial charge in [0.25, 0.3) is 5.91 Å². The first-order chi connectivity index (χ1) is 17.0. The average Bonchev–Trinajstić information content (AvgIpc) is 3.33. The van der Waals surface area contributed by atoms with Gasteiger partial charge in [0.05, 0.1) is 23.9 Å². The van der Waals surface area contributed by atoms with Crippen molar-refractivity contribution in [3.8, 4) is 22.5 Å². The van der Waals surface area contributed by atoms with Crippen molar-refractivity contribution in [3.05, 3.63) is 78.2 Å². The van der Waals surface area contributed by atoms with Crippen molar-refractivity contribution in [1.29, 1.82) is 0 Å². The third kappa shape index (κ3) is 4.64. The van der Waals surface area contributed by atoms with Crippen molar-refractivity contribution in [2.24, 2.45) is 5.92 Å². The van der Waals surface area contributed by atoms with Gasteiger partial charge in [0.15, 0.2) is 5.65 Å². The number of halogens is 1. The molecule has 35 heavy (non-hydrogen) atoms. The first-order valence-electron chi connectivity index (χ1n) is 11.7. The number of carbonyl (C=O) groups excluding carboxylic acids is 2. The Morgan fingerprint density at radius 2 is 1.83 bits per heavy atom. The molecule has 5 rings (SSSR count). The molecule has 2 aromatic heterocycles. The normalized spacial score (nSPS) is 15.8. The Balaban J connectivity index is 1.56. The van der Waals surface area contributed by atoms with E-state index in [0.29, 0.717) is 55.1 Å². The van der Waals surface area contributed by atoms with Crippen LogP contribution in [0.4, 0.5) is 4.39 Å². The van der Waals surface area contributed by atoms with E-state index < -0.39 is 0 Å². The molecule has 1 aliphatic heterocycles. The number of benzene rings is 2. The zero-order valence-electron chi connectivity index (χ0n) is 19.4. The molecule has 3 heterocycles. The topological polar surface area (TPSA) is 76.8 Å². The summed E-state index contributed by atoms with van der Waals surface area (Å²) in [4.78, 5) is 32.1. The number of rotatable bonds is 5. The van der Waals surface area contributed by atoms with Gasteiger partial charge in [-0.15, -0.1) is 0 Å². The molecule has 178 valence electrons. The molecule has 2 aromatic carbocycles. The van der Waals surface area contributed by atoms with Gasteiger partial charge in [0.2, 0.25) is 0 Å². The number of piperidine rings is 1. The van der Waals surface area contributed by atoms with Crippen LogP contribution in [0.25, 0.3) is 28.2 Å². The summed E-state index contributed by atoms with van der Waals surface area (Å²) in [7, 11) is 0. The van der Waals surface area contributed by atoms with E-state index in [1.54, 1.807) is 34.5 Å². The Bertz CT molecular complexity index is 1370. The molecule has 0 spiro atoms. The second kappa shape index (κ2) is 9.66. The molecule has 1 aliphatic rings. The summed E-state index contributed by atoms with van der Waals surface area (Å²) in [5.41, 5.74) is 3.72. The maximum absolute atomic E-state index is 13.6. The predicted octanol–water partition coefficient (Wildman–Crippen LogP) is 4.62. The van der Waals surface area contributed by atoms with Crippen LogP contribution in [-0.2, 0) is 9.53 Å². The number of fused-ring (bicyclic) bond motifs is 1. The first kappa shape index (κ1) is 22.7. The summed E-state index contributed by atoms with van der Waals surface area (Å²) in [6, 6.07) is 19.3. The van der Waals surface area contributed by atoms with E-state index in [1.807, 2.05) is 36.4 Å². The number of hydrogen-bond donors (Lipinski definition) is 0. The van der Waals surface area contributed by atoms with Crippen molar-refractivity contribution in [2.75, 3.05) is 19.7 Å². The molecule has 1 amide bonds. The number of carbonyl (C=O) groups is 2. The third-order valence-corrected chi connectivity index (χ3v) is 6.18. The summed E-state index contributed by atoms with van der Waals surface area (Å²) in [5.74, 6) is -1.22. The first-order valence-corrected chi connectivity index (χ1v) is 11.7. The minimum absolute atomic E-state index is 0.251. The van der Waals surface area contributed by atoms with E-state index in [4.69, 9.17) is 9.84 Å². The molecular formula is C27H25FN4O3. The van der Waals surface area contributed by atoms with Crippen LogP contribution < -0.4 is 0 Å². The summed E-state index contributed by atoms with van der Waals surface area (Å²) in [5, 5.41) is 4.72. The highest BCUT2D eigenvalue weighted by molar-refractivity contribution is 5.94. The lowest BCUT2D eigenvalue weighted by Gasteiger charge is -2.31. The molecule has 0 aliphatic carbocycles. The average molecular weight is 473 g/mol. The molecule has 4 aromatic rings. The van der Waals surface area contributed by atoms with Crippen LogP contribution in [0.3, 0.4) is 0 Å². The van der Waals surface area contributed by atoms with Gasteiger partial charge in [-0.1, -0.05) is 30.3 Å². The predicted molar refractivity (Wildman–Crippen MR) is 129 cm³/mol. The van der Waals surface area contributed by atoms with E-state index in [2.05, 4.69) is 4.98 Å². The van der Waals surface area contributed by atoms with Gasteiger partial charge in [-0.25, -0.2) is 13.9 Å². The number of amides is 1. The summed E-state index contributed by atoms with van der Waals surface area (Å²) in [6.45, 7) is 2.93. The minimum Gasteiger partial charge on any atom is -0.466 e. The van der Waals surface area contributed by atoms with Crippen LogP contribution in [-0.4, -0.2) is 51.1 Å². The molecule has 1 saturated heterocycles. The molecule has 0 radical (unpaired) electrons. The van der Waals surface area contributed by atoms with Gasteiger partial charge in [-0.05, 0) is 50.1 Å². The van der Waals surface area contributed by atoms with Crippen molar-refractivity contribution in [2.45, 2.75) is 19.8 Å². The SMILES string of the molecule is CCOC(=O)C1CCCN(C(=O)c2cc(-c3ccc(F)cc3)n3nc(-c4ccccc4)cc3n2)C1. The van der Waals surface area contributed by atoms with Crippen molar-refractivity contribution in [3.63, 3.8) is 0 Å². The smallest absolute Gasteiger partial charge is 0.310 e. The second-order valence-corrected chi connectivity index (χ2v) is 8.54. The lowest BCUT2D eigenvalue weighted by molar-refractivity contribution is -0.149. The van der Waals surface area contributed by atoms with E-state index in [9.17, 15) is 14.0 Å². The van der Waals surface area contributed by atoms with Crippen LogP contribution in [0.2, 0.25) is 0 Å². The number of esters is 1. The zero-order chi connectivity index (χ0) is 24.4. The van der Waals surface area contributed by atoms with E-state index in [0.717, 1.165) is 5.56 Å². The van der Waals surface area contributed by atoms with Crippen molar-refractivity contribution in [1.82, 2.24) is 19.5 Å². The minimum atomic E-state index is -0.348. The van der Waals surface area contributed by atoms with E-state index in [1.165, 1.54) is 12.1 Å². The molecule has 0 N–H and O–H groups in total. The molecule has 1 unspecified atom stereocenters. The number of likely N-dealkylation sites (tertiary alicyclic amines) is 1. The summed E-state index contributed by atoms with van der Waals surface area (Å²) >= 11 is 0. The lowest BCUT2D eigenvalue weighted by Crippen LogP contribution is -2.43. The van der Waals surface area contributed by atoms with Gasteiger partial charge in [0.1, 0.15) is 11.5 Å². The third-order valence-electron chi connectivity index (χ3n) is 6.18. The number of hydrogen-bond acceptors (Lipinski definition) is 5. The Labute approximate surface area is 202 Å². The van der Waals surface area contributed by atoms with Crippen LogP contribution in [0, 0.1) is 11.7 Å². The largest absolute Gasteiger partial charge is 0.466 e. The highest BCUT2D eigenvalue weighted by Gasteiger charge is 2.31. The van der Waals surface area contributed by atoms with E-state index in [-0.39, 0.29) is 29.3 Å². The van der Waals surface area contributed by atoms with E-state index >= 15 is 0 Å². The van der Waals surface area contributed by atoms with Gasteiger partial charge in [0, 0.05) is 30.3 Å². The van der Waals surface area contributed by atoms with Gasteiger partial charge >= 0.3 is 5.97 Å².